The predicted molar refractivity (Wildman–Crippen MR) is 88.7 cm³/mol. The summed E-state index contributed by atoms with van der Waals surface area (Å²) >= 11 is 0. The van der Waals surface area contributed by atoms with Gasteiger partial charge in [0, 0.05) is 19.2 Å². The number of nitrogens with one attached hydrogen (secondary N) is 1. The van der Waals surface area contributed by atoms with Gasteiger partial charge in [0.05, 0.1) is 12.2 Å². The number of rotatable bonds is 9. The number of carbonyl (C=O) groups is 1. The van der Waals surface area contributed by atoms with Crippen molar-refractivity contribution in [1.29, 1.82) is 0 Å². The van der Waals surface area contributed by atoms with Gasteiger partial charge in [-0.3, -0.25) is 4.79 Å². The van der Waals surface area contributed by atoms with E-state index in [1.807, 2.05) is 19.1 Å². The molecule has 3 N–H and O–H groups in total. The Hall–Kier alpha value is -1.30. The van der Waals surface area contributed by atoms with Crippen LogP contribution in [-0.4, -0.2) is 38.3 Å². The molecule has 1 aliphatic carbocycles. The number of benzene rings is 1. The van der Waals surface area contributed by atoms with E-state index in [2.05, 4.69) is 5.32 Å². The van der Waals surface area contributed by atoms with Gasteiger partial charge in [-0.15, -0.1) is 12.4 Å². The summed E-state index contributed by atoms with van der Waals surface area (Å²) in [7, 11) is 0. The van der Waals surface area contributed by atoms with Crippen LogP contribution in [0.3, 0.4) is 0 Å². The van der Waals surface area contributed by atoms with Crippen LogP contribution in [0.25, 0.3) is 0 Å². The second-order valence-electron chi connectivity index (χ2n) is 5.25. The van der Waals surface area contributed by atoms with Crippen LogP contribution < -0.4 is 15.8 Å². The van der Waals surface area contributed by atoms with Gasteiger partial charge in [0.15, 0.2) is 0 Å². The van der Waals surface area contributed by atoms with Crippen LogP contribution in [0.15, 0.2) is 24.3 Å². The highest BCUT2D eigenvalue weighted by atomic mass is 35.5. The quantitative estimate of drug-likeness (QED) is 0.680. The second-order valence-corrected chi connectivity index (χ2v) is 5.25. The highest BCUT2D eigenvalue weighted by Crippen LogP contribution is 2.31. The maximum atomic E-state index is 12.2. The number of amides is 1. The molecule has 6 heteroatoms. The van der Waals surface area contributed by atoms with Crippen molar-refractivity contribution in [2.24, 2.45) is 11.7 Å². The van der Waals surface area contributed by atoms with Crippen molar-refractivity contribution in [2.75, 3.05) is 26.4 Å². The van der Waals surface area contributed by atoms with Gasteiger partial charge in [-0.2, -0.15) is 0 Å². The third-order valence-electron chi connectivity index (χ3n) is 3.55. The van der Waals surface area contributed by atoms with Gasteiger partial charge in [-0.25, -0.2) is 0 Å². The van der Waals surface area contributed by atoms with Crippen LogP contribution in [0.4, 0.5) is 0 Å². The fourth-order valence-electron chi connectivity index (χ4n) is 2.13. The van der Waals surface area contributed by atoms with Crippen molar-refractivity contribution < 1.29 is 14.3 Å². The van der Waals surface area contributed by atoms with Crippen LogP contribution in [-0.2, 0) is 4.74 Å². The second kappa shape index (κ2) is 9.66. The molecule has 0 heterocycles. The molecule has 22 heavy (non-hydrogen) atoms. The first-order valence-corrected chi connectivity index (χ1v) is 7.55. The van der Waals surface area contributed by atoms with E-state index in [-0.39, 0.29) is 24.4 Å². The zero-order valence-electron chi connectivity index (χ0n) is 12.9. The molecule has 0 aliphatic heterocycles. The van der Waals surface area contributed by atoms with Gasteiger partial charge in [0.2, 0.25) is 0 Å². The fourth-order valence-corrected chi connectivity index (χ4v) is 2.13. The molecule has 1 unspecified atom stereocenters. The summed E-state index contributed by atoms with van der Waals surface area (Å²) in [6.07, 6.45) is 2.35. The first-order valence-electron chi connectivity index (χ1n) is 7.55. The molecule has 0 aromatic heterocycles. The third kappa shape index (κ3) is 5.83. The summed E-state index contributed by atoms with van der Waals surface area (Å²) < 4.78 is 10.8. The maximum Gasteiger partial charge on any atom is 0.255 e. The van der Waals surface area contributed by atoms with Crippen molar-refractivity contribution in [3.05, 3.63) is 29.8 Å². The summed E-state index contributed by atoms with van der Waals surface area (Å²) in [5.41, 5.74) is 6.53. The average Bonchev–Trinajstić information content (AvgIpc) is 3.34. The summed E-state index contributed by atoms with van der Waals surface area (Å²) in [5.74, 6) is 1.01. The van der Waals surface area contributed by atoms with Gasteiger partial charge in [-0.1, -0.05) is 12.1 Å². The third-order valence-corrected chi connectivity index (χ3v) is 3.55. The summed E-state index contributed by atoms with van der Waals surface area (Å²) in [5, 5.41) is 2.89. The SMILES string of the molecule is CCOCCOc1ccccc1C(=O)NCC(N)C1CC1.Cl. The summed E-state index contributed by atoms with van der Waals surface area (Å²) in [4.78, 5) is 12.2. The number of ether oxygens (including phenoxy) is 2. The summed E-state index contributed by atoms with van der Waals surface area (Å²) in [6.45, 7) is 4.05. The Bertz CT molecular complexity index is 466. The molecule has 2 rings (SSSR count). The lowest BCUT2D eigenvalue weighted by atomic mass is 10.1. The zero-order chi connectivity index (χ0) is 15.1. The van der Waals surface area contributed by atoms with E-state index >= 15 is 0 Å². The first kappa shape index (κ1) is 18.7. The number of nitrogens with two attached hydrogens (primary N) is 1. The molecule has 1 aliphatic rings. The van der Waals surface area contributed by atoms with Crippen LogP contribution in [0.2, 0.25) is 0 Å². The Morgan fingerprint density at radius 2 is 2.09 bits per heavy atom. The molecule has 0 spiro atoms. The minimum absolute atomic E-state index is 0. The smallest absolute Gasteiger partial charge is 0.255 e. The van der Waals surface area contributed by atoms with Gasteiger partial charge in [0.1, 0.15) is 12.4 Å². The lowest BCUT2D eigenvalue weighted by molar-refractivity contribution is 0.0933. The Balaban J connectivity index is 0.00000242. The number of carbonyl (C=O) groups excluding carboxylic acids is 1. The lowest BCUT2D eigenvalue weighted by Crippen LogP contribution is -2.38. The minimum atomic E-state index is -0.141. The topological polar surface area (TPSA) is 73.6 Å². The van der Waals surface area contributed by atoms with Gasteiger partial charge < -0.3 is 20.5 Å². The van der Waals surface area contributed by atoms with E-state index in [0.29, 0.717) is 43.6 Å². The molecule has 1 amide bonds. The van der Waals surface area contributed by atoms with Crippen LogP contribution in [0.1, 0.15) is 30.1 Å². The Morgan fingerprint density at radius 1 is 1.36 bits per heavy atom. The van der Waals surface area contributed by atoms with Crippen molar-refractivity contribution >= 4 is 18.3 Å². The molecular formula is C16H25ClN2O3. The van der Waals surface area contributed by atoms with E-state index in [1.165, 1.54) is 12.8 Å². The normalized spacial score (nSPS) is 14.8. The van der Waals surface area contributed by atoms with Crippen LogP contribution in [0, 0.1) is 5.92 Å². The molecule has 0 bridgehead atoms. The maximum absolute atomic E-state index is 12.2. The number of para-hydroxylation sites is 1. The Kier molecular flexibility index (Phi) is 8.24. The molecule has 1 saturated carbocycles. The summed E-state index contributed by atoms with van der Waals surface area (Å²) in [6, 6.07) is 7.28. The van der Waals surface area contributed by atoms with Gasteiger partial charge in [0.25, 0.3) is 5.91 Å². The fraction of sp³-hybridized carbons (Fsp3) is 0.562. The van der Waals surface area contributed by atoms with Gasteiger partial charge in [-0.05, 0) is 37.8 Å². The van der Waals surface area contributed by atoms with E-state index in [0.717, 1.165) is 0 Å². The molecule has 0 radical (unpaired) electrons. The molecule has 0 saturated heterocycles. The highest BCUT2D eigenvalue weighted by Gasteiger charge is 2.28. The Labute approximate surface area is 138 Å². The zero-order valence-corrected chi connectivity index (χ0v) is 13.7. The van der Waals surface area contributed by atoms with Gasteiger partial charge >= 0.3 is 0 Å². The number of hydrogen-bond acceptors (Lipinski definition) is 4. The lowest BCUT2D eigenvalue weighted by Gasteiger charge is -2.14. The van der Waals surface area contributed by atoms with E-state index in [4.69, 9.17) is 15.2 Å². The highest BCUT2D eigenvalue weighted by molar-refractivity contribution is 5.96. The van der Waals surface area contributed by atoms with Crippen LogP contribution in [0.5, 0.6) is 5.75 Å². The largest absolute Gasteiger partial charge is 0.490 e. The molecule has 1 aromatic carbocycles. The van der Waals surface area contributed by atoms with E-state index < -0.39 is 0 Å². The molecular weight excluding hydrogens is 304 g/mol. The first-order chi connectivity index (χ1) is 10.2. The molecule has 1 fully saturated rings. The predicted octanol–water partition coefficient (Wildman–Crippen LogP) is 1.99. The van der Waals surface area contributed by atoms with Crippen molar-refractivity contribution in [2.45, 2.75) is 25.8 Å². The van der Waals surface area contributed by atoms with E-state index in [9.17, 15) is 4.79 Å². The van der Waals surface area contributed by atoms with Crippen molar-refractivity contribution in [3.63, 3.8) is 0 Å². The molecule has 1 aromatic rings. The number of halogens is 1. The number of hydrogen-bond donors (Lipinski definition) is 2. The minimum Gasteiger partial charge on any atom is -0.490 e. The molecule has 5 nitrogen and oxygen atoms in total. The molecule has 1 atom stereocenters. The van der Waals surface area contributed by atoms with Crippen LogP contribution >= 0.6 is 12.4 Å². The standard InChI is InChI=1S/C16H24N2O3.ClH/c1-2-20-9-10-21-15-6-4-3-5-13(15)16(19)18-11-14(17)12-7-8-12;/h3-6,12,14H,2,7-11,17H2,1H3,(H,18,19);1H. The van der Waals surface area contributed by atoms with Crippen molar-refractivity contribution in [3.8, 4) is 5.75 Å². The average molecular weight is 329 g/mol. The van der Waals surface area contributed by atoms with Crippen molar-refractivity contribution in [1.82, 2.24) is 5.32 Å². The Morgan fingerprint density at radius 3 is 2.77 bits per heavy atom. The monoisotopic (exact) mass is 328 g/mol. The molecule has 124 valence electrons. The van der Waals surface area contributed by atoms with E-state index in [1.54, 1.807) is 12.1 Å².